The summed E-state index contributed by atoms with van der Waals surface area (Å²) in [6.07, 6.45) is 6.03. The van der Waals surface area contributed by atoms with Crippen molar-refractivity contribution in [2.45, 2.75) is 58.9 Å². The van der Waals surface area contributed by atoms with Crippen LogP contribution in [0.15, 0.2) is 0 Å². The van der Waals surface area contributed by atoms with Gasteiger partial charge in [0.25, 0.3) is 0 Å². The molecule has 3 unspecified atom stereocenters. The topological polar surface area (TPSA) is 55.1 Å². The molecule has 1 amide bonds. The number of amides is 1. The lowest BCUT2D eigenvalue weighted by Crippen LogP contribution is -2.45. The summed E-state index contributed by atoms with van der Waals surface area (Å²) in [6, 6.07) is 0.206. The normalized spacial score (nSPS) is 32.6. The van der Waals surface area contributed by atoms with Gasteiger partial charge < -0.3 is 11.1 Å². The van der Waals surface area contributed by atoms with Gasteiger partial charge in [0.2, 0.25) is 5.91 Å². The Bertz CT molecular complexity index is 296. The molecule has 18 heavy (non-hydrogen) atoms. The molecule has 104 valence electrons. The molecule has 3 atom stereocenters. The van der Waals surface area contributed by atoms with Gasteiger partial charge in [0.1, 0.15) is 0 Å². The molecular formula is C15H28N2O. The summed E-state index contributed by atoms with van der Waals surface area (Å²) < 4.78 is 0. The van der Waals surface area contributed by atoms with Crippen LogP contribution < -0.4 is 11.1 Å². The maximum absolute atomic E-state index is 12.4. The van der Waals surface area contributed by atoms with Crippen molar-refractivity contribution in [2.75, 3.05) is 6.54 Å². The number of carbonyl (C=O) groups is 1. The van der Waals surface area contributed by atoms with Gasteiger partial charge in [0, 0.05) is 12.0 Å². The van der Waals surface area contributed by atoms with Crippen molar-refractivity contribution in [3.05, 3.63) is 0 Å². The molecule has 0 aliphatic heterocycles. The number of carbonyl (C=O) groups excluding carboxylic acids is 1. The highest BCUT2D eigenvalue weighted by Gasteiger charge is 2.55. The second-order valence-electron chi connectivity index (χ2n) is 7.14. The Hall–Kier alpha value is -0.570. The third kappa shape index (κ3) is 2.87. The molecule has 2 saturated carbocycles. The Morgan fingerprint density at radius 3 is 2.28 bits per heavy atom. The van der Waals surface area contributed by atoms with Gasteiger partial charge in [-0.25, -0.2) is 0 Å². The van der Waals surface area contributed by atoms with Gasteiger partial charge >= 0.3 is 0 Å². The Morgan fingerprint density at radius 1 is 1.28 bits per heavy atom. The van der Waals surface area contributed by atoms with E-state index >= 15 is 0 Å². The van der Waals surface area contributed by atoms with Crippen molar-refractivity contribution in [3.63, 3.8) is 0 Å². The fourth-order valence-electron chi connectivity index (χ4n) is 3.54. The zero-order valence-electron chi connectivity index (χ0n) is 12.0. The zero-order valence-corrected chi connectivity index (χ0v) is 12.0. The van der Waals surface area contributed by atoms with Gasteiger partial charge in [-0.15, -0.1) is 0 Å². The molecule has 2 rings (SSSR count). The molecule has 2 aliphatic rings. The average Bonchev–Trinajstić information content (AvgIpc) is 3.01. The quantitative estimate of drug-likeness (QED) is 0.806. The monoisotopic (exact) mass is 252 g/mol. The molecule has 0 aromatic rings. The molecular weight excluding hydrogens is 224 g/mol. The summed E-state index contributed by atoms with van der Waals surface area (Å²) in [6.45, 7) is 7.16. The van der Waals surface area contributed by atoms with E-state index in [2.05, 4.69) is 26.1 Å². The number of nitrogens with one attached hydrogen (secondary N) is 1. The van der Waals surface area contributed by atoms with Crippen LogP contribution in [0.2, 0.25) is 0 Å². The molecule has 2 aliphatic carbocycles. The second-order valence-corrected chi connectivity index (χ2v) is 7.14. The molecule has 0 heterocycles. The Balaban J connectivity index is 1.90. The van der Waals surface area contributed by atoms with E-state index in [-0.39, 0.29) is 11.5 Å². The summed E-state index contributed by atoms with van der Waals surface area (Å²) in [5, 5.41) is 3.26. The SMILES string of the molecule is CC(C)(C)C(CCN)NC(=O)C1C2CCCCC21. The Labute approximate surface area is 111 Å². The van der Waals surface area contributed by atoms with Crippen LogP contribution in [0, 0.1) is 23.2 Å². The van der Waals surface area contributed by atoms with Gasteiger partial charge in [-0.3, -0.25) is 4.79 Å². The highest BCUT2D eigenvalue weighted by molar-refractivity contribution is 5.82. The fourth-order valence-corrected chi connectivity index (χ4v) is 3.54. The maximum Gasteiger partial charge on any atom is 0.223 e. The van der Waals surface area contributed by atoms with Gasteiger partial charge in [0.05, 0.1) is 0 Å². The first-order valence-electron chi connectivity index (χ1n) is 7.45. The van der Waals surface area contributed by atoms with Crippen molar-refractivity contribution in [3.8, 4) is 0 Å². The third-order valence-electron chi connectivity index (χ3n) is 4.78. The minimum Gasteiger partial charge on any atom is -0.353 e. The summed E-state index contributed by atoms with van der Waals surface area (Å²) in [4.78, 5) is 12.4. The van der Waals surface area contributed by atoms with E-state index in [4.69, 9.17) is 5.73 Å². The Kier molecular flexibility index (Phi) is 4.00. The van der Waals surface area contributed by atoms with E-state index in [1.165, 1.54) is 25.7 Å². The number of nitrogens with two attached hydrogens (primary N) is 1. The molecule has 0 spiro atoms. The van der Waals surface area contributed by atoms with Crippen LogP contribution in [0.1, 0.15) is 52.9 Å². The molecule has 3 heteroatoms. The number of hydrogen-bond donors (Lipinski definition) is 2. The minimum atomic E-state index is 0.0924. The number of rotatable bonds is 4. The van der Waals surface area contributed by atoms with Crippen molar-refractivity contribution >= 4 is 5.91 Å². The predicted octanol–water partition coefficient (Wildman–Crippen LogP) is 2.30. The first-order valence-corrected chi connectivity index (χ1v) is 7.45. The van der Waals surface area contributed by atoms with Crippen molar-refractivity contribution in [1.82, 2.24) is 5.32 Å². The molecule has 0 aromatic heterocycles. The number of hydrogen-bond acceptors (Lipinski definition) is 2. The summed E-state index contributed by atoms with van der Waals surface area (Å²) in [5.41, 5.74) is 5.75. The van der Waals surface area contributed by atoms with E-state index in [0.29, 0.717) is 30.2 Å². The lowest BCUT2D eigenvalue weighted by molar-refractivity contribution is -0.124. The molecule has 0 radical (unpaired) electrons. The van der Waals surface area contributed by atoms with Gasteiger partial charge in [-0.05, 0) is 43.1 Å². The molecule has 3 nitrogen and oxygen atoms in total. The van der Waals surface area contributed by atoms with Crippen LogP contribution in [-0.2, 0) is 4.79 Å². The van der Waals surface area contributed by atoms with Gasteiger partial charge in [-0.2, -0.15) is 0 Å². The highest BCUT2D eigenvalue weighted by Crippen LogP contribution is 2.55. The van der Waals surface area contributed by atoms with Crippen LogP contribution in [0.3, 0.4) is 0 Å². The molecule has 2 fully saturated rings. The summed E-state index contributed by atoms with van der Waals surface area (Å²) in [7, 11) is 0. The first-order chi connectivity index (χ1) is 8.45. The lowest BCUT2D eigenvalue weighted by atomic mass is 9.84. The van der Waals surface area contributed by atoms with Crippen LogP contribution in [0.4, 0.5) is 0 Å². The lowest BCUT2D eigenvalue weighted by Gasteiger charge is -2.31. The fraction of sp³-hybridized carbons (Fsp3) is 0.933. The molecule has 0 saturated heterocycles. The molecule has 3 N–H and O–H groups in total. The van der Waals surface area contributed by atoms with E-state index < -0.39 is 0 Å². The second kappa shape index (κ2) is 5.20. The van der Waals surface area contributed by atoms with Crippen molar-refractivity contribution in [2.24, 2.45) is 28.9 Å². The number of fused-ring (bicyclic) bond motifs is 1. The van der Waals surface area contributed by atoms with E-state index in [0.717, 1.165) is 6.42 Å². The summed E-state index contributed by atoms with van der Waals surface area (Å²) in [5.74, 6) is 1.99. The van der Waals surface area contributed by atoms with Crippen molar-refractivity contribution in [1.29, 1.82) is 0 Å². The Morgan fingerprint density at radius 2 is 1.83 bits per heavy atom. The minimum absolute atomic E-state index is 0.0924. The maximum atomic E-state index is 12.4. The van der Waals surface area contributed by atoms with Crippen LogP contribution in [0.25, 0.3) is 0 Å². The largest absolute Gasteiger partial charge is 0.353 e. The van der Waals surface area contributed by atoms with Gasteiger partial charge in [-0.1, -0.05) is 33.6 Å². The molecule has 0 bridgehead atoms. The van der Waals surface area contributed by atoms with E-state index in [1.54, 1.807) is 0 Å². The smallest absolute Gasteiger partial charge is 0.223 e. The van der Waals surface area contributed by atoms with Crippen molar-refractivity contribution < 1.29 is 4.79 Å². The zero-order chi connectivity index (χ0) is 13.3. The van der Waals surface area contributed by atoms with E-state index in [9.17, 15) is 4.79 Å². The molecule has 0 aromatic carbocycles. The standard InChI is InChI=1S/C15H28N2O/c1-15(2,3)12(8-9-16)17-14(18)13-10-6-4-5-7-11(10)13/h10-13H,4-9,16H2,1-3H3,(H,17,18). The van der Waals surface area contributed by atoms with Gasteiger partial charge in [0.15, 0.2) is 0 Å². The van der Waals surface area contributed by atoms with Crippen LogP contribution in [0.5, 0.6) is 0 Å². The third-order valence-corrected chi connectivity index (χ3v) is 4.78. The predicted molar refractivity (Wildman–Crippen MR) is 74.0 cm³/mol. The van der Waals surface area contributed by atoms with E-state index in [1.807, 2.05) is 0 Å². The van der Waals surface area contributed by atoms with Crippen LogP contribution in [-0.4, -0.2) is 18.5 Å². The highest BCUT2D eigenvalue weighted by atomic mass is 16.2. The average molecular weight is 252 g/mol. The first kappa shape index (κ1) is 13.9. The summed E-state index contributed by atoms with van der Waals surface area (Å²) >= 11 is 0. The van der Waals surface area contributed by atoms with Crippen LogP contribution >= 0.6 is 0 Å².